The van der Waals surface area contributed by atoms with Gasteiger partial charge in [0.2, 0.25) is 0 Å². The lowest BCUT2D eigenvalue weighted by atomic mass is 9.98. The number of imidazole rings is 1. The van der Waals surface area contributed by atoms with Crippen molar-refractivity contribution in [1.82, 2.24) is 15.3 Å². The smallest absolute Gasteiger partial charge is 0.255 e. The fourth-order valence-corrected chi connectivity index (χ4v) is 3.89. The first kappa shape index (κ1) is 22.9. The van der Waals surface area contributed by atoms with Crippen molar-refractivity contribution in [3.63, 3.8) is 0 Å². The molecule has 0 aliphatic heterocycles. The number of rotatable bonds is 6. The van der Waals surface area contributed by atoms with E-state index in [0.29, 0.717) is 34.6 Å². The van der Waals surface area contributed by atoms with E-state index in [4.69, 9.17) is 0 Å². The van der Waals surface area contributed by atoms with Crippen molar-refractivity contribution in [2.45, 2.75) is 12.3 Å². The molecule has 0 saturated carbocycles. The monoisotopic (exact) mass is 482 g/mol. The molecule has 1 unspecified atom stereocenters. The Kier molecular flexibility index (Phi) is 6.19. The molecule has 8 nitrogen and oxygen atoms in total. The number of H-pyrrole nitrogens is 1. The molecule has 1 aromatic heterocycles. The number of carbonyl (C=O) groups is 2. The van der Waals surface area contributed by atoms with Crippen LogP contribution in [-0.2, 0) is 0 Å². The highest BCUT2D eigenvalue weighted by molar-refractivity contribution is 6.05. The molecule has 1 aliphatic carbocycles. The van der Waals surface area contributed by atoms with Crippen molar-refractivity contribution in [1.29, 1.82) is 0 Å². The van der Waals surface area contributed by atoms with Crippen LogP contribution in [0.3, 0.4) is 0 Å². The summed E-state index contributed by atoms with van der Waals surface area (Å²) in [6, 6.07) is 17.0. The van der Waals surface area contributed by atoms with E-state index in [0.717, 1.165) is 16.9 Å². The molecular formula is C27H21FN5O3+. The first-order valence-corrected chi connectivity index (χ1v) is 11.2. The van der Waals surface area contributed by atoms with Gasteiger partial charge in [-0.2, -0.15) is 0 Å². The number of carbonyl (C=O) groups excluding carboxylic acids is 2. The van der Waals surface area contributed by atoms with Gasteiger partial charge >= 0.3 is 0 Å². The van der Waals surface area contributed by atoms with Gasteiger partial charge in [-0.25, -0.2) is 9.37 Å². The van der Waals surface area contributed by atoms with Crippen molar-refractivity contribution in [3.8, 4) is 0 Å². The van der Waals surface area contributed by atoms with Crippen LogP contribution in [0, 0.1) is 10.7 Å². The van der Waals surface area contributed by atoms with E-state index in [1.54, 1.807) is 47.6 Å². The van der Waals surface area contributed by atoms with Gasteiger partial charge in [0.15, 0.2) is 0 Å². The standard InChI is InChI=1S/C27H20FN5O3/c28-19-6-12-21(13-7-19)30-27(35)18-5-14-23-24(15-18)32-25(31-23)16-1-8-20(9-2-16)29-26(34)17-3-10-22(33-36)11-4-17/h1,3-16H,2H2,(H,29,34)(H,30,35)(H,31,32)/p+1. The lowest BCUT2D eigenvalue weighted by Gasteiger charge is -2.15. The minimum absolute atomic E-state index is 0.0167. The number of hydrogen-bond donors (Lipinski definition) is 4. The van der Waals surface area contributed by atoms with Crippen molar-refractivity contribution in [2.75, 3.05) is 5.32 Å². The van der Waals surface area contributed by atoms with Crippen LogP contribution in [0.1, 0.15) is 38.9 Å². The molecule has 0 spiro atoms. The molecule has 0 fully saturated rings. The zero-order chi connectivity index (χ0) is 25.1. The normalized spacial score (nSPS) is 14.8. The van der Waals surface area contributed by atoms with Crippen molar-refractivity contribution in [3.05, 3.63) is 118 Å². The summed E-state index contributed by atoms with van der Waals surface area (Å²) >= 11 is 0. The second-order valence-corrected chi connectivity index (χ2v) is 8.31. The molecule has 3 aromatic carbocycles. The number of nitrogens with zero attached hydrogens (tertiary/aromatic N) is 1. The maximum absolute atomic E-state index is 13.1. The van der Waals surface area contributed by atoms with E-state index >= 15 is 0 Å². The summed E-state index contributed by atoms with van der Waals surface area (Å²) < 4.78 is 13.1. The zero-order valence-corrected chi connectivity index (χ0v) is 18.9. The molecule has 178 valence electrons. The number of allylic oxidation sites excluding steroid dienone is 3. The number of anilines is 1. The molecule has 1 aliphatic rings. The molecule has 0 radical (unpaired) electrons. The van der Waals surface area contributed by atoms with Gasteiger partial charge in [-0.1, -0.05) is 12.2 Å². The number of hydrogen-bond acceptors (Lipinski definition) is 4. The average Bonchev–Trinajstić information content (AvgIpc) is 3.34. The first-order valence-electron chi connectivity index (χ1n) is 11.2. The summed E-state index contributed by atoms with van der Waals surface area (Å²) in [5.41, 5.74) is 3.92. The van der Waals surface area contributed by atoms with Crippen LogP contribution < -0.4 is 15.8 Å². The van der Waals surface area contributed by atoms with Gasteiger partial charge in [0.1, 0.15) is 11.6 Å². The third-order valence-electron chi connectivity index (χ3n) is 5.84. The second kappa shape index (κ2) is 9.75. The summed E-state index contributed by atoms with van der Waals surface area (Å²) in [5, 5.41) is 7.38. The molecule has 5 rings (SSSR count). The summed E-state index contributed by atoms with van der Waals surface area (Å²) in [5.74, 6) is -0.210. The van der Waals surface area contributed by atoms with E-state index in [1.165, 1.54) is 24.3 Å². The van der Waals surface area contributed by atoms with Gasteiger partial charge in [-0.3, -0.25) is 9.59 Å². The molecule has 1 atom stereocenters. The molecule has 4 N–H and O–H groups in total. The third kappa shape index (κ3) is 4.95. The van der Waals surface area contributed by atoms with Crippen LogP contribution in [0.2, 0.25) is 0 Å². The number of fused-ring (bicyclic) bond motifs is 1. The van der Waals surface area contributed by atoms with E-state index < -0.39 is 0 Å². The predicted octanol–water partition coefficient (Wildman–Crippen LogP) is 3.79. The highest BCUT2D eigenvalue weighted by Crippen LogP contribution is 2.27. The Bertz CT molecular complexity index is 1520. The Balaban J connectivity index is 1.24. The highest BCUT2D eigenvalue weighted by atomic mass is 19.1. The minimum Gasteiger partial charge on any atom is -0.341 e. The largest absolute Gasteiger partial charge is 0.341 e. The SMILES string of the molecule is O=[NH+]c1ccc(C(=O)NC2=CCC(c3nc4ccc(C(=O)Nc5ccc(F)cc5)cc4[nH]3)C=C2)cc1. The van der Waals surface area contributed by atoms with Gasteiger partial charge < -0.3 is 15.6 Å². The third-order valence-corrected chi connectivity index (χ3v) is 5.84. The number of amides is 2. The van der Waals surface area contributed by atoms with Crippen LogP contribution in [0.25, 0.3) is 11.0 Å². The zero-order valence-electron chi connectivity index (χ0n) is 18.9. The van der Waals surface area contributed by atoms with Crippen LogP contribution in [-0.4, -0.2) is 21.8 Å². The van der Waals surface area contributed by atoms with Crippen molar-refractivity contribution in [2.24, 2.45) is 0 Å². The van der Waals surface area contributed by atoms with E-state index in [-0.39, 0.29) is 23.5 Å². The van der Waals surface area contributed by atoms with E-state index in [9.17, 15) is 18.9 Å². The van der Waals surface area contributed by atoms with Gasteiger partial charge in [0, 0.05) is 50.6 Å². The van der Waals surface area contributed by atoms with Gasteiger partial charge in [0.05, 0.1) is 11.0 Å². The van der Waals surface area contributed by atoms with Crippen LogP contribution in [0.15, 0.2) is 90.7 Å². The highest BCUT2D eigenvalue weighted by Gasteiger charge is 2.18. The van der Waals surface area contributed by atoms with Gasteiger partial charge in [-0.15, -0.1) is 0 Å². The lowest BCUT2D eigenvalue weighted by Crippen LogP contribution is -2.55. The fraction of sp³-hybridized carbons (Fsp3) is 0.0741. The fourth-order valence-electron chi connectivity index (χ4n) is 3.89. The molecule has 0 saturated heterocycles. The molecule has 4 aromatic rings. The second-order valence-electron chi connectivity index (χ2n) is 8.31. The van der Waals surface area contributed by atoms with E-state index in [2.05, 4.69) is 20.6 Å². The minimum atomic E-state index is -0.371. The summed E-state index contributed by atoms with van der Waals surface area (Å²) in [6.45, 7) is 0. The van der Waals surface area contributed by atoms with Crippen molar-refractivity contribution < 1.29 is 19.2 Å². The number of halogens is 1. The summed E-state index contributed by atoms with van der Waals surface area (Å²) in [6.07, 6.45) is 6.34. The number of nitrogens with one attached hydrogen (secondary N) is 4. The average molecular weight is 482 g/mol. The summed E-state index contributed by atoms with van der Waals surface area (Å²) in [4.78, 5) is 43.6. The predicted molar refractivity (Wildman–Crippen MR) is 133 cm³/mol. The molecule has 0 bridgehead atoms. The molecule has 1 heterocycles. The number of nitroso groups, excluding NO2 is 1. The van der Waals surface area contributed by atoms with Crippen molar-refractivity contribution >= 4 is 34.2 Å². The first-order chi connectivity index (χ1) is 17.5. The molecule has 36 heavy (non-hydrogen) atoms. The Hall–Kier alpha value is -4.92. The number of aromatic amines is 1. The van der Waals surface area contributed by atoms with E-state index in [1.807, 2.05) is 18.2 Å². The maximum Gasteiger partial charge on any atom is 0.255 e. The number of aromatic nitrogens is 2. The van der Waals surface area contributed by atoms with Gasteiger partial charge in [0.25, 0.3) is 17.5 Å². The Morgan fingerprint density at radius 1 is 0.944 bits per heavy atom. The topological polar surface area (TPSA) is 118 Å². The Morgan fingerprint density at radius 2 is 1.67 bits per heavy atom. The quantitative estimate of drug-likeness (QED) is 0.334. The van der Waals surface area contributed by atoms with Crippen LogP contribution >= 0.6 is 0 Å². The van der Waals surface area contributed by atoms with Crippen LogP contribution in [0.5, 0.6) is 0 Å². The maximum atomic E-state index is 13.1. The molecule has 2 amide bonds. The Labute approximate surface area is 204 Å². The molecule has 9 heteroatoms. The van der Waals surface area contributed by atoms with Crippen LogP contribution in [0.4, 0.5) is 15.8 Å². The lowest BCUT2D eigenvalue weighted by molar-refractivity contribution is -0.379. The number of benzene rings is 3. The van der Waals surface area contributed by atoms with Gasteiger partial charge in [-0.05, 0) is 67.1 Å². The Morgan fingerprint density at radius 3 is 2.36 bits per heavy atom. The summed E-state index contributed by atoms with van der Waals surface area (Å²) in [7, 11) is 0. The molecular weight excluding hydrogens is 461 g/mol.